The van der Waals surface area contributed by atoms with Crippen LogP contribution in [-0.4, -0.2) is 30.4 Å². The third-order valence-corrected chi connectivity index (χ3v) is 5.68. The lowest BCUT2D eigenvalue weighted by Gasteiger charge is -2.21. The molecule has 0 aliphatic carbocycles. The number of nitrogens with one attached hydrogen (secondary N) is 2. The lowest BCUT2D eigenvalue weighted by Crippen LogP contribution is -2.36. The molecule has 33 heavy (non-hydrogen) atoms. The fraction of sp³-hybridized carbons (Fsp3) is 0.400. The smallest absolute Gasteiger partial charge is 0.319 e. The van der Waals surface area contributed by atoms with Crippen molar-refractivity contribution in [3.8, 4) is 22.9 Å². The minimum absolute atomic E-state index is 0.0813. The van der Waals surface area contributed by atoms with Crippen LogP contribution in [0.1, 0.15) is 57.5 Å². The van der Waals surface area contributed by atoms with E-state index >= 15 is 0 Å². The number of benzene rings is 2. The van der Waals surface area contributed by atoms with Gasteiger partial charge in [0.2, 0.25) is 11.7 Å². The Morgan fingerprint density at radius 1 is 1.03 bits per heavy atom. The van der Waals surface area contributed by atoms with Gasteiger partial charge < -0.3 is 24.6 Å². The van der Waals surface area contributed by atoms with E-state index in [9.17, 15) is 4.79 Å². The maximum Gasteiger partial charge on any atom is 0.319 e. The van der Waals surface area contributed by atoms with Gasteiger partial charge in [0.05, 0.1) is 14.2 Å². The van der Waals surface area contributed by atoms with E-state index in [1.807, 2.05) is 44.2 Å². The third-order valence-electron chi connectivity index (χ3n) is 5.68. The minimum atomic E-state index is -0.439. The van der Waals surface area contributed by atoms with Gasteiger partial charge in [-0.1, -0.05) is 51.4 Å². The zero-order valence-corrected chi connectivity index (χ0v) is 20.0. The summed E-state index contributed by atoms with van der Waals surface area (Å²) in [5.74, 6) is 2.45. The molecule has 0 saturated heterocycles. The average molecular weight is 453 g/mol. The van der Waals surface area contributed by atoms with Gasteiger partial charge in [0, 0.05) is 11.3 Å². The van der Waals surface area contributed by atoms with Gasteiger partial charge >= 0.3 is 6.03 Å². The summed E-state index contributed by atoms with van der Waals surface area (Å²) in [7, 11) is 3.15. The lowest BCUT2D eigenvalue weighted by atomic mass is 9.99. The van der Waals surface area contributed by atoms with Gasteiger partial charge in [0.1, 0.15) is 6.04 Å². The van der Waals surface area contributed by atoms with Crippen LogP contribution in [0.15, 0.2) is 47.0 Å². The van der Waals surface area contributed by atoms with E-state index in [-0.39, 0.29) is 11.9 Å². The highest BCUT2D eigenvalue weighted by atomic mass is 16.5. The van der Waals surface area contributed by atoms with Crippen LogP contribution in [0, 0.1) is 5.92 Å². The number of hydrogen-bond acceptors (Lipinski definition) is 6. The second kappa shape index (κ2) is 10.8. The summed E-state index contributed by atoms with van der Waals surface area (Å²) < 4.78 is 16.2. The van der Waals surface area contributed by atoms with E-state index in [0.29, 0.717) is 29.1 Å². The second-order valence-corrected chi connectivity index (χ2v) is 8.26. The topological polar surface area (TPSA) is 98.5 Å². The summed E-state index contributed by atoms with van der Waals surface area (Å²) in [6.07, 6.45) is 0.822. The number of aromatic nitrogens is 2. The first kappa shape index (κ1) is 24.1. The van der Waals surface area contributed by atoms with Crippen molar-refractivity contribution in [1.29, 1.82) is 0 Å². The Balaban J connectivity index is 1.77. The van der Waals surface area contributed by atoms with Crippen LogP contribution in [0.2, 0.25) is 0 Å². The van der Waals surface area contributed by atoms with E-state index < -0.39 is 6.04 Å². The summed E-state index contributed by atoms with van der Waals surface area (Å²) >= 11 is 0. The number of ether oxygens (including phenoxy) is 2. The second-order valence-electron chi connectivity index (χ2n) is 8.26. The molecule has 0 radical (unpaired) electrons. The number of methoxy groups -OCH3 is 2. The van der Waals surface area contributed by atoms with Crippen molar-refractivity contribution in [2.45, 2.75) is 46.1 Å². The summed E-state index contributed by atoms with van der Waals surface area (Å²) in [6, 6.07) is 12.5. The highest BCUT2D eigenvalue weighted by molar-refractivity contribution is 5.89. The van der Waals surface area contributed by atoms with Gasteiger partial charge in [-0.3, -0.25) is 0 Å². The number of carbonyl (C=O) groups is 1. The summed E-state index contributed by atoms with van der Waals surface area (Å²) in [4.78, 5) is 17.3. The van der Waals surface area contributed by atoms with Crippen LogP contribution in [-0.2, 0) is 0 Å². The van der Waals surface area contributed by atoms with Gasteiger partial charge in [0.15, 0.2) is 11.5 Å². The molecule has 2 aromatic carbocycles. The van der Waals surface area contributed by atoms with Gasteiger partial charge in [-0.05, 0) is 47.7 Å². The van der Waals surface area contributed by atoms with E-state index in [4.69, 9.17) is 14.0 Å². The standard InChI is InChI=1S/C25H32N4O4/c1-7-16(4)22(27-25(30)26-19-11-8-17(9-12-19)15(2)3)24-28-23(29-33-24)18-10-13-20(31-5)21(14-18)32-6/h8-16,22H,7H2,1-6H3,(H2,26,27,30)/t16-,22+/m1/s1. The predicted molar refractivity (Wildman–Crippen MR) is 128 cm³/mol. The number of nitrogens with zero attached hydrogens (tertiary/aromatic N) is 2. The Morgan fingerprint density at radius 2 is 1.73 bits per heavy atom. The number of carbonyl (C=O) groups excluding carboxylic acids is 1. The van der Waals surface area contributed by atoms with Crippen molar-refractivity contribution in [3.63, 3.8) is 0 Å². The average Bonchev–Trinajstić information content (AvgIpc) is 3.31. The first-order valence-electron chi connectivity index (χ1n) is 11.1. The summed E-state index contributed by atoms with van der Waals surface area (Å²) in [6.45, 7) is 8.34. The Hall–Kier alpha value is -3.55. The van der Waals surface area contributed by atoms with Crippen LogP contribution >= 0.6 is 0 Å². The quantitative estimate of drug-likeness (QED) is 0.427. The van der Waals surface area contributed by atoms with Crippen molar-refractivity contribution in [1.82, 2.24) is 15.5 Å². The Bertz CT molecular complexity index is 1060. The fourth-order valence-corrected chi connectivity index (χ4v) is 3.40. The molecule has 0 aliphatic heterocycles. The molecule has 0 aliphatic rings. The zero-order valence-electron chi connectivity index (χ0n) is 20.0. The Morgan fingerprint density at radius 3 is 2.33 bits per heavy atom. The molecule has 0 bridgehead atoms. The highest BCUT2D eigenvalue weighted by Crippen LogP contribution is 2.32. The number of rotatable bonds is 9. The number of amides is 2. The fourth-order valence-electron chi connectivity index (χ4n) is 3.40. The molecular weight excluding hydrogens is 420 g/mol. The number of urea groups is 1. The van der Waals surface area contributed by atoms with Crippen molar-refractivity contribution in [3.05, 3.63) is 53.9 Å². The Kier molecular flexibility index (Phi) is 7.92. The van der Waals surface area contributed by atoms with E-state index in [1.54, 1.807) is 26.4 Å². The first-order valence-corrected chi connectivity index (χ1v) is 11.1. The van der Waals surface area contributed by atoms with E-state index in [2.05, 4.69) is 34.6 Å². The zero-order chi connectivity index (χ0) is 24.0. The normalized spacial score (nSPS) is 12.8. The molecule has 2 amide bonds. The molecule has 2 N–H and O–H groups in total. The summed E-state index contributed by atoms with van der Waals surface area (Å²) in [5.41, 5.74) is 2.66. The number of hydrogen-bond donors (Lipinski definition) is 2. The van der Waals surface area contributed by atoms with Crippen molar-refractivity contribution in [2.75, 3.05) is 19.5 Å². The van der Waals surface area contributed by atoms with Gasteiger partial charge in [-0.15, -0.1) is 0 Å². The Labute approximate surface area is 194 Å². The molecule has 0 saturated carbocycles. The van der Waals surface area contributed by atoms with E-state index in [1.165, 1.54) is 5.56 Å². The van der Waals surface area contributed by atoms with Crippen molar-refractivity contribution < 1.29 is 18.8 Å². The molecule has 8 heteroatoms. The highest BCUT2D eigenvalue weighted by Gasteiger charge is 2.27. The first-order chi connectivity index (χ1) is 15.9. The molecule has 2 atom stereocenters. The minimum Gasteiger partial charge on any atom is -0.493 e. The molecular formula is C25H32N4O4. The SMILES string of the molecule is CC[C@@H](C)[C@H](NC(=O)Nc1ccc(C(C)C)cc1)c1nc(-c2ccc(OC)c(OC)c2)no1. The maximum absolute atomic E-state index is 12.7. The van der Waals surface area contributed by atoms with Crippen molar-refractivity contribution >= 4 is 11.7 Å². The molecule has 0 fully saturated rings. The largest absolute Gasteiger partial charge is 0.493 e. The molecule has 0 spiro atoms. The maximum atomic E-state index is 12.7. The van der Waals surface area contributed by atoms with E-state index in [0.717, 1.165) is 17.7 Å². The molecule has 1 heterocycles. The van der Waals surface area contributed by atoms with Gasteiger partial charge in [0.25, 0.3) is 0 Å². The number of anilines is 1. The predicted octanol–water partition coefficient (Wildman–Crippen LogP) is 5.79. The van der Waals surface area contributed by atoms with Crippen LogP contribution in [0.4, 0.5) is 10.5 Å². The molecule has 3 rings (SSSR count). The van der Waals surface area contributed by atoms with Crippen LogP contribution in [0.3, 0.4) is 0 Å². The monoisotopic (exact) mass is 452 g/mol. The molecule has 8 nitrogen and oxygen atoms in total. The third kappa shape index (κ3) is 5.83. The molecule has 3 aromatic rings. The van der Waals surface area contributed by atoms with Gasteiger partial charge in [-0.2, -0.15) is 4.98 Å². The lowest BCUT2D eigenvalue weighted by molar-refractivity contribution is 0.232. The molecule has 0 unspecified atom stereocenters. The van der Waals surface area contributed by atoms with Crippen molar-refractivity contribution in [2.24, 2.45) is 5.92 Å². The van der Waals surface area contributed by atoms with Crippen LogP contribution in [0.25, 0.3) is 11.4 Å². The van der Waals surface area contributed by atoms with Gasteiger partial charge in [-0.25, -0.2) is 4.79 Å². The van der Waals surface area contributed by atoms with Crippen LogP contribution < -0.4 is 20.1 Å². The summed E-state index contributed by atoms with van der Waals surface area (Å²) in [5, 5.41) is 9.99. The molecule has 176 valence electrons. The molecule has 1 aromatic heterocycles. The van der Waals surface area contributed by atoms with Crippen LogP contribution in [0.5, 0.6) is 11.5 Å².